The van der Waals surface area contributed by atoms with E-state index in [1.165, 1.54) is 0 Å². The average Bonchev–Trinajstić information content (AvgIpc) is 2.69. The van der Waals surface area contributed by atoms with E-state index in [9.17, 15) is 4.79 Å². The maximum atomic E-state index is 12.6. The molecule has 1 aromatic rings. The normalized spacial score (nSPS) is 14.1. The molecule has 1 atom stereocenters. The zero-order valence-corrected chi connectivity index (χ0v) is 22.9. The molecular weight excluding hydrogens is 438 g/mol. The van der Waals surface area contributed by atoms with Crippen LogP contribution in [0.25, 0.3) is 0 Å². The fourth-order valence-corrected chi connectivity index (χ4v) is 3.61. The van der Waals surface area contributed by atoms with E-state index in [1.54, 1.807) is 35.0 Å². The summed E-state index contributed by atoms with van der Waals surface area (Å²) >= 11 is 0. The van der Waals surface area contributed by atoms with Gasteiger partial charge in [-0.25, -0.2) is 4.79 Å². The number of rotatable bonds is 10. The Labute approximate surface area is 200 Å². The van der Waals surface area contributed by atoms with Gasteiger partial charge >= 0.3 is 6.09 Å². The number of benzene rings is 1. The van der Waals surface area contributed by atoms with Crippen molar-refractivity contribution in [3.63, 3.8) is 0 Å². The van der Waals surface area contributed by atoms with E-state index in [0.29, 0.717) is 11.5 Å². The minimum atomic E-state index is -2.13. The summed E-state index contributed by atoms with van der Waals surface area (Å²) in [6.07, 6.45) is 5.30. The van der Waals surface area contributed by atoms with E-state index in [2.05, 4.69) is 45.1 Å². The molecule has 7 nitrogen and oxygen atoms in total. The Balaban J connectivity index is 3.03. The van der Waals surface area contributed by atoms with Crippen molar-refractivity contribution < 1.29 is 28.2 Å². The molecule has 0 aliphatic heterocycles. The molecule has 1 aromatic carbocycles. The molecule has 1 amide bonds. The molecule has 33 heavy (non-hydrogen) atoms. The van der Waals surface area contributed by atoms with Crippen molar-refractivity contribution in [2.75, 3.05) is 27.4 Å². The van der Waals surface area contributed by atoms with Crippen molar-refractivity contribution in [1.29, 1.82) is 0 Å². The zero-order valence-electron chi connectivity index (χ0n) is 21.9. The molecule has 0 saturated heterocycles. The zero-order chi connectivity index (χ0) is 25.5. The highest BCUT2D eigenvalue weighted by Crippen LogP contribution is 2.37. The second-order valence-corrected chi connectivity index (χ2v) is 15.4. The first-order chi connectivity index (χ1) is 15.1. The molecule has 0 saturated carbocycles. The van der Waals surface area contributed by atoms with Gasteiger partial charge in [0.25, 0.3) is 0 Å². The summed E-state index contributed by atoms with van der Waals surface area (Å²) in [4.78, 5) is 12.6. The van der Waals surface area contributed by atoms with E-state index in [0.717, 1.165) is 5.56 Å². The van der Waals surface area contributed by atoms with Crippen LogP contribution in [0.15, 0.2) is 18.2 Å². The predicted molar refractivity (Wildman–Crippen MR) is 133 cm³/mol. The second-order valence-electron chi connectivity index (χ2n) is 10.6. The Bertz CT molecular complexity index is 835. The van der Waals surface area contributed by atoms with Crippen LogP contribution in [0.4, 0.5) is 4.79 Å². The van der Waals surface area contributed by atoms with Crippen LogP contribution < -0.4 is 14.8 Å². The lowest BCUT2D eigenvalue weighted by atomic mass is 10.0. The average molecular weight is 480 g/mol. The lowest BCUT2D eigenvalue weighted by molar-refractivity contribution is 0.0253. The van der Waals surface area contributed by atoms with Crippen LogP contribution in [-0.4, -0.2) is 53.0 Å². The highest BCUT2D eigenvalue weighted by atomic mass is 28.4. The first-order valence-electron chi connectivity index (χ1n) is 11.0. The standard InChI is InChI=1S/C25H41NO6Si/c1-12-25(26-22(27)32-23(2,3)4,18-31-33(10,11)24(5,6)7)17-30-16-19-13-14-20(28-8)21(15-19)29-9/h1,13-15H,16-18H2,2-11H3,(H,26,27)/t25-/m0/s1. The number of amides is 1. The minimum Gasteiger partial charge on any atom is -0.493 e. The van der Waals surface area contributed by atoms with Crippen molar-refractivity contribution >= 4 is 14.4 Å². The molecule has 0 radical (unpaired) electrons. The Morgan fingerprint density at radius 2 is 1.64 bits per heavy atom. The van der Waals surface area contributed by atoms with E-state index in [4.69, 9.17) is 29.8 Å². The number of alkyl carbamates (subject to hydrolysis) is 1. The fraction of sp³-hybridized carbons (Fsp3) is 0.640. The van der Waals surface area contributed by atoms with Crippen molar-refractivity contribution in [2.45, 2.75) is 77.4 Å². The van der Waals surface area contributed by atoms with E-state index >= 15 is 0 Å². The maximum Gasteiger partial charge on any atom is 0.409 e. The van der Waals surface area contributed by atoms with Gasteiger partial charge in [0.15, 0.2) is 19.8 Å². The largest absolute Gasteiger partial charge is 0.493 e. The first-order valence-corrected chi connectivity index (χ1v) is 13.9. The van der Waals surface area contributed by atoms with Gasteiger partial charge in [-0.15, -0.1) is 6.42 Å². The van der Waals surface area contributed by atoms with Crippen molar-refractivity contribution in [1.82, 2.24) is 5.32 Å². The molecule has 0 aliphatic rings. The van der Waals surface area contributed by atoms with Gasteiger partial charge in [0.2, 0.25) is 0 Å². The lowest BCUT2D eigenvalue weighted by Gasteiger charge is -2.39. The molecule has 0 aliphatic carbocycles. The van der Waals surface area contributed by atoms with Gasteiger partial charge in [0.1, 0.15) is 11.1 Å². The molecule has 1 rings (SSSR count). The molecular formula is C25H41NO6Si. The summed E-state index contributed by atoms with van der Waals surface area (Å²) in [5.74, 6) is 3.94. The second kappa shape index (κ2) is 11.3. The van der Waals surface area contributed by atoms with Gasteiger partial charge in [-0.05, 0) is 56.6 Å². The molecule has 0 bridgehead atoms. The highest BCUT2D eigenvalue weighted by molar-refractivity contribution is 6.74. The summed E-state index contributed by atoms with van der Waals surface area (Å²) in [6.45, 7) is 16.5. The molecule has 0 spiro atoms. The molecule has 0 fully saturated rings. The summed E-state index contributed by atoms with van der Waals surface area (Å²) in [7, 11) is 1.03. The number of hydrogen-bond donors (Lipinski definition) is 1. The Morgan fingerprint density at radius 1 is 1.03 bits per heavy atom. The maximum absolute atomic E-state index is 12.6. The first kappa shape index (κ1) is 28.8. The molecule has 0 aromatic heterocycles. The van der Waals surface area contributed by atoms with Crippen LogP contribution in [0.5, 0.6) is 11.5 Å². The van der Waals surface area contributed by atoms with Gasteiger partial charge in [-0.2, -0.15) is 0 Å². The number of carbonyl (C=O) groups excluding carboxylic acids is 1. The third-order valence-corrected chi connectivity index (χ3v) is 10.0. The number of nitrogens with one attached hydrogen (secondary N) is 1. The van der Waals surface area contributed by atoms with Gasteiger partial charge in [-0.3, -0.25) is 0 Å². The Kier molecular flexibility index (Phi) is 9.85. The van der Waals surface area contributed by atoms with Gasteiger partial charge < -0.3 is 28.7 Å². The van der Waals surface area contributed by atoms with Crippen molar-refractivity contribution in [2.24, 2.45) is 0 Å². The molecule has 1 N–H and O–H groups in total. The lowest BCUT2D eigenvalue weighted by Crippen LogP contribution is -2.57. The van der Waals surface area contributed by atoms with E-state index in [-0.39, 0.29) is 24.9 Å². The van der Waals surface area contributed by atoms with Crippen LogP contribution in [0.3, 0.4) is 0 Å². The number of terminal acetylenes is 1. The van der Waals surface area contributed by atoms with E-state index < -0.39 is 25.6 Å². The van der Waals surface area contributed by atoms with Gasteiger partial charge in [0.05, 0.1) is 34.0 Å². The predicted octanol–water partition coefficient (Wildman–Crippen LogP) is 5.14. The quantitative estimate of drug-likeness (QED) is 0.370. The van der Waals surface area contributed by atoms with Crippen LogP contribution in [0, 0.1) is 12.3 Å². The minimum absolute atomic E-state index is 0.0141. The van der Waals surface area contributed by atoms with Crippen LogP contribution >= 0.6 is 0 Å². The van der Waals surface area contributed by atoms with Crippen LogP contribution in [0.2, 0.25) is 18.1 Å². The van der Waals surface area contributed by atoms with Crippen molar-refractivity contribution in [3.05, 3.63) is 23.8 Å². The monoisotopic (exact) mass is 479 g/mol. The molecule has 0 unspecified atom stereocenters. The number of ether oxygens (including phenoxy) is 4. The summed E-state index contributed by atoms with van der Waals surface area (Å²) in [6, 6.07) is 5.53. The van der Waals surface area contributed by atoms with Crippen LogP contribution in [0.1, 0.15) is 47.1 Å². The smallest absolute Gasteiger partial charge is 0.409 e. The number of methoxy groups -OCH3 is 2. The fourth-order valence-electron chi connectivity index (χ4n) is 2.57. The Morgan fingerprint density at radius 3 is 2.12 bits per heavy atom. The van der Waals surface area contributed by atoms with Gasteiger partial charge in [-0.1, -0.05) is 32.8 Å². The molecule has 8 heteroatoms. The summed E-state index contributed by atoms with van der Waals surface area (Å²) < 4.78 is 28.4. The van der Waals surface area contributed by atoms with E-state index in [1.807, 2.05) is 18.2 Å². The number of carbonyl (C=O) groups is 1. The van der Waals surface area contributed by atoms with Crippen LogP contribution in [-0.2, 0) is 20.5 Å². The summed E-state index contributed by atoms with van der Waals surface area (Å²) in [5, 5.41) is 2.80. The van der Waals surface area contributed by atoms with Crippen molar-refractivity contribution in [3.8, 4) is 23.8 Å². The topological polar surface area (TPSA) is 75.3 Å². The molecule has 0 heterocycles. The third kappa shape index (κ3) is 8.92. The summed E-state index contributed by atoms with van der Waals surface area (Å²) in [5.41, 5.74) is -0.972. The highest BCUT2D eigenvalue weighted by Gasteiger charge is 2.41. The number of hydrogen-bond acceptors (Lipinski definition) is 6. The Hall–Kier alpha value is -2.21. The van der Waals surface area contributed by atoms with Gasteiger partial charge in [0, 0.05) is 0 Å². The SMILES string of the molecule is C#C[C@](COCc1ccc(OC)c(OC)c1)(CO[Si](C)(C)C(C)(C)C)NC(=O)OC(C)(C)C. The third-order valence-electron chi connectivity index (χ3n) is 5.57. The molecule has 186 valence electrons.